The molecule has 1 nitrogen and oxygen atoms in total. The van der Waals surface area contributed by atoms with E-state index in [0.717, 1.165) is 23.1 Å². The third kappa shape index (κ3) is 2.17. The van der Waals surface area contributed by atoms with Crippen LogP contribution in [0.15, 0.2) is 22.7 Å². The molecule has 3 rings (SSSR count). The van der Waals surface area contributed by atoms with Crippen LogP contribution in [0.4, 0.5) is 0 Å². The number of rotatable bonds is 0. The van der Waals surface area contributed by atoms with E-state index in [9.17, 15) is 0 Å². The van der Waals surface area contributed by atoms with Gasteiger partial charge in [0.1, 0.15) is 11.4 Å². The average Bonchev–Trinajstić information content (AvgIpc) is 2.34. The summed E-state index contributed by atoms with van der Waals surface area (Å²) < 4.78 is 7.56. The second kappa shape index (κ2) is 4.49. The number of benzene rings is 1. The Morgan fingerprint density at radius 2 is 2.00 bits per heavy atom. The first-order valence-corrected chi connectivity index (χ1v) is 8.65. The van der Waals surface area contributed by atoms with E-state index >= 15 is 0 Å². The molecule has 3 heteroatoms. The fraction of sp³-hybridized carbons (Fsp3) is 0.625. The van der Waals surface area contributed by atoms with E-state index in [1.165, 1.54) is 12.0 Å². The van der Waals surface area contributed by atoms with E-state index in [2.05, 4.69) is 70.8 Å². The zero-order chi connectivity index (χ0) is 13.8. The fourth-order valence-corrected chi connectivity index (χ4v) is 4.80. The molecule has 1 fully saturated rings. The zero-order valence-corrected chi connectivity index (χ0v) is 14.8. The van der Waals surface area contributed by atoms with E-state index in [4.69, 9.17) is 4.74 Å². The van der Waals surface area contributed by atoms with Gasteiger partial charge in [-0.15, -0.1) is 0 Å². The molecule has 0 radical (unpaired) electrons. The van der Waals surface area contributed by atoms with Gasteiger partial charge in [-0.05, 0) is 55.4 Å². The smallest absolute Gasteiger partial charge is 0.123 e. The summed E-state index contributed by atoms with van der Waals surface area (Å²) in [6.07, 6.45) is 3.43. The number of alkyl halides is 1. The van der Waals surface area contributed by atoms with Gasteiger partial charge in [0.15, 0.2) is 0 Å². The Morgan fingerprint density at radius 1 is 1.26 bits per heavy atom. The molecule has 1 aliphatic carbocycles. The molecule has 19 heavy (non-hydrogen) atoms. The first kappa shape index (κ1) is 13.9. The molecule has 3 atom stereocenters. The van der Waals surface area contributed by atoms with Crippen molar-refractivity contribution < 1.29 is 4.74 Å². The van der Waals surface area contributed by atoms with E-state index in [-0.39, 0.29) is 11.0 Å². The van der Waals surface area contributed by atoms with Gasteiger partial charge in [0.2, 0.25) is 0 Å². The Kier molecular flexibility index (Phi) is 3.29. The third-order valence-corrected chi connectivity index (χ3v) is 7.26. The van der Waals surface area contributed by atoms with Gasteiger partial charge in [-0.2, -0.15) is 0 Å². The first-order valence-electron chi connectivity index (χ1n) is 6.94. The van der Waals surface area contributed by atoms with Crippen LogP contribution in [0.1, 0.15) is 39.2 Å². The molecule has 0 bridgehead atoms. The maximum absolute atomic E-state index is 6.42. The molecule has 1 saturated carbocycles. The third-order valence-electron chi connectivity index (χ3n) is 5.13. The summed E-state index contributed by atoms with van der Waals surface area (Å²) in [5.41, 5.74) is 1.58. The van der Waals surface area contributed by atoms with Crippen molar-refractivity contribution in [2.75, 3.05) is 0 Å². The van der Waals surface area contributed by atoms with Crippen molar-refractivity contribution >= 4 is 31.9 Å². The van der Waals surface area contributed by atoms with Crippen molar-refractivity contribution in [1.29, 1.82) is 0 Å². The zero-order valence-electron chi connectivity index (χ0n) is 11.7. The lowest BCUT2D eigenvalue weighted by atomic mass is 9.59. The van der Waals surface area contributed by atoms with Crippen LogP contribution in [-0.2, 0) is 6.42 Å². The maximum Gasteiger partial charge on any atom is 0.123 e. The predicted molar refractivity (Wildman–Crippen MR) is 86.1 cm³/mol. The normalized spacial score (nSPS) is 36.1. The van der Waals surface area contributed by atoms with Crippen LogP contribution in [0.3, 0.4) is 0 Å². The number of fused-ring (bicyclic) bond motifs is 2. The quantitative estimate of drug-likeness (QED) is 0.545. The lowest BCUT2D eigenvalue weighted by Gasteiger charge is -2.55. The topological polar surface area (TPSA) is 9.23 Å². The summed E-state index contributed by atoms with van der Waals surface area (Å²) in [7, 11) is 0. The van der Waals surface area contributed by atoms with Crippen LogP contribution in [0.2, 0.25) is 0 Å². The van der Waals surface area contributed by atoms with Crippen molar-refractivity contribution in [3.63, 3.8) is 0 Å². The molecular weight excluding hydrogens is 368 g/mol. The van der Waals surface area contributed by atoms with Gasteiger partial charge >= 0.3 is 0 Å². The molecule has 0 spiro atoms. The summed E-state index contributed by atoms with van der Waals surface area (Å²) in [5.74, 6) is 1.63. The molecule has 1 aliphatic heterocycles. The summed E-state index contributed by atoms with van der Waals surface area (Å²) in [4.78, 5) is 0.579. The molecule has 1 aromatic carbocycles. The molecule has 1 heterocycles. The molecule has 0 saturated heterocycles. The van der Waals surface area contributed by atoms with Gasteiger partial charge in [-0.1, -0.05) is 45.7 Å². The predicted octanol–water partition coefficient (Wildman–Crippen LogP) is 5.34. The number of ether oxygens (including phenoxy) is 1. The van der Waals surface area contributed by atoms with Gasteiger partial charge in [0.25, 0.3) is 0 Å². The van der Waals surface area contributed by atoms with Crippen molar-refractivity contribution in [3.05, 3.63) is 28.2 Å². The Labute approximate surface area is 132 Å². The molecule has 0 N–H and O–H groups in total. The van der Waals surface area contributed by atoms with Crippen molar-refractivity contribution in [3.8, 4) is 5.75 Å². The second-order valence-electron chi connectivity index (χ2n) is 6.75. The minimum Gasteiger partial charge on any atom is -0.487 e. The van der Waals surface area contributed by atoms with Crippen molar-refractivity contribution in [2.45, 2.75) is 50.5 Å². The van der Waals surface area contributed by atoms with Gasteiger partial charge in [0.05, 0.1) is 0 Å². The van der Waals surface area contributed by atoms with Crippen molar-refractivity contribution in [1.82, 2.24) is 0 Å². The maximum atomic E-state index is 6.42. The molecule has 104 valence electrons. The van der Waals surface area contributed by atoms with Gasteiger partial charge in [-0.3, -0.25) is 0 Å². The lowest BCUT2D eigenvalue weighted by molar-refractivity contribution is -0.0772. The van der Waals surface area contributed by atoms with Crippen LogP contribution in [0.5, 0.6) is 5.75 Å². The largest absolute Gasteiger partial charge is 0.487 e. The molecule has 2 aliphatic rings. The highest BCUT2D eigenvalue weighted by molar-refractivity contribution is 9.10. The Morgan fingerprint density at radius 3 is 2.74 bits per heavy atom. The number of hydrogen-bond acceptors (Lipinski definition) is 1. The summed E-state index contributed by atoms with van der Waals surface area (Å²) >= 11 is 7.45. The Balaban J connectivity index is 2.04. The van der Waals surface area contributed by atoms with Crippen LogP contribution in [-0.4, -0.2) is 10.4 Å². The highest BCUT2D eigenvalue weighted by Gasteiger charge is 2.53. The minimum absolute atomic E-state index is 0.0192. The highest BCUT2D eigenvalue weighted by atomic mass is 79.9. The average molecular weight is 388 g/mol. The standard InChI is InChI=1S/C16H20Br2O/c1-15(2)13-9-10-8-11(17)4-5-12(10)19-16(13,3)7-6-14(15)18/h4-5,8,13-14H,6-7,9H2,1-3H3/t13-,14-,16-/m1/s1. The van der Waals surface area contributed by atoms with Crippen molar-refractivity contribution in [2.24, 2.45) is 11.3 Å². The van der Waals surface area contributed by atoms with Crippen LogP contribution in [0, 0.1) is 11.3 Å². The van der Waals surface area contributed by atoms with E-state index < -0.39 is 0 Å². The van der Waals surface area contributed by atoms with Gasteiger partial charge in [-0.25, -0.2) is 0 Å². The molecule has 1 aromatic rings. The minimum atomic E-state index is -0.0192. The first-order chi connectivity index (χ1) is 8.83. The lowest BCUT2D eigenvalue weighted by Crippen LogP contribution is -2.57. The van der Waals surface area contributed by atoms with Gasteiger partial charge in [0, 0.05) is 15.2 Å². The monoisotopic (exact) mass is 386 g/mol. The fourth-order valence-electron chi connectivity index (χ4n) is 3.84. The van der Waals surface area contributed by atoms with Crippen LogP contribution >= 0.6 is 31.9 Å². The van der Waals surface area contributed by atoms with Gasteiger partial charge < -0.3 is 4.74 Å². The van der Waals surface area contributed by atoms with E-state index in [1.54, 1.807) is 0 Å². The molecular formula is C16H20Br2O. The molecule has 0 aromatic heterocycles. The SMILES string of the molecule is CC1(C)[C@H](Br)CC[C@@]2(C)Oc3ccc(Br)cc3C[C@H]12. The van der Waals surface area contributed by atoms with Crippen LogP contribution in [0.25, 0.3) is 0 Å². The second-order valence-corrected chi connectivity index (χ2v) is 8.77. The van der Waals surface area contributed by atoms with E-state index in [0.29, 0.717) is 10.7 Å². The Hall–Kier alpha value is -0.0200. The molecule has 0 unspecified atom stereocenters. The van der Waals surface area contributed by atoms with E-state index in [1.807, 2.05) is 0 Å². The number of halogens is 2. The summed E-state index contributed by atoms with van der Waals surface area (Å²) in [5, 5.41) is 0. The highest BCUT2D eigenvalue weighted by Crippen LogP contribution is 2.55. The summed E-state index contributed by atoms with van der Waals surface area (Å²) in [6.45, 7) is 7.05. The summed E-state index contributed by atoms with van der Waals surface area (Å²) in [6, 6.07) is 6.39. The molecule has 0 amide bonds. The van der Waals surface area contributed by atoms with Crippen LogP contribution < -0.4 is 4.74 Å². The number of hydrogen-bond donors (Lipinski definition) is 0. The Bertz CT molecular complexity index is 511.